The molecule has 0 aliphatic heterocycles. The lowest BCUT2D eigenvalue weighted by Crippen LogP contribution is -2.14. The molecule has 0 fully saturated rings. The van der Waals surface area contributed by atoms with E-state index in [0.29, 0.717) is 12.4 Å². The van der Waals surface area contributed by atoms with Crippen LogP contribution in [0.1, 0.15) is 12.5 Å². The number of carbonyl (C=O) groups is 1. The average Bonchev–Trinajstić information content (AvgIpc) is 2.29. The highest BCUT2D eigenvalue weighted by Crippen LogP contribution is 2.13. The fourth-order valence-electron chi connectivity index (χ4n) is 1.09. The molecule has 1 aromatic carbocycles. The minimum Gasteiger partial charge on any atom is -0.482 e. The highest BCUT2D eigenvalue weighted by atomic mass is 127. The van der Waals surface area contributed by atoms with Crippen LogP contribution in [0.2, 0.25) is 0 Å². The van der Waals surface area contributed by atoms with E-state index in [1.165, 1.54) is 0 Å². The van der Waals surface area contributed by atoms with E-state index in [-0.39, 0.29) is 12.6 Å². The zero-order chi connectivity index (χ0) is 11.8. The molecule has 0 bridgehead atoms. The molecule has 0 radical (unpaired) electrons. The van der Waals surface area contributed by atoms with Crippen LogP contribution in [0.25, 0.3) is 6.08 Å². The van der Waals surface area contributed by atoms with Gasteiger partial charge in [-0.15, -0.1) is 0 Å². The molecule has 1 aromatic rings. The summed E-state index contributed by atoms with van der Waals surface area (Å²) in [5.41, 5.74) is 1.10. The Bertz CT molecular complexity index is 357. The van der Waals surface area contributed by atoms with Gasteiger partial charge in [0.2, 0.25) is 0 Å². The molecule has 0 amide bonds. The van der Waals surface area contributed by atoms with Crippen molar-refractivity contribution in [3.8, 4) is 5.75 Å². The number of esters is 1. The molecule has 0 unspecified atom stereocenters. The predicted octanol–water partition coefficient (Wildman–Crippen LogP) is 3.03. The first-order valence-electron chi connectivity index (χ1n) is 4.91. The molecule has 4 heteroatoms. The van der Waals surface area contributed by atoms with Crippen LogP contribution in [0.5, 0.6) is 5.75 Å². The molecule has 0 aromatic heterocycles. The second kappa shape index (κ2) is 7.27. The standard InChI is InChI=1S/C12H13IO3/c1-2-15-12(14)9-16-11-5-3-10(4-6-11)7-8-13/h3-8H,2,9H2,1H3. The number of hydrogen-bond donors (Lipinski definition) is 0. The summed E-state index contributed by atoms with van der Waals surface area (Å²) in [6, 6.07) is 7.50. The molecule has 0 aliphatic carbocycles. The molecule has 1 rings (SSSR count). The summed E-state index contributed by atoms with van der Waals surface area (Å²) in [7, 11) is 0. The second-order valence-electron chi connectivity index (χ2n) is 2.96. The lowest BCUT2D eigenvalue weighted by atomic mass is 10.2. The highest BCUT2D eigenvalue weighted by Gasteiger charge is 2.02. The second-order valence-corrected chi connectivity index (χ2v) is 3.67. The third kappa shape index (κ3) is 4.65. The van der Waals surface area contributed by atoms with Gasteiger partial charge in [-0.2, -0.15) is 0 Å². The zero-order valence-corrected chi connectivity index (χ0v) is 11.1. The van der Waals surface area contributed by atoms with E-state index < -0.39 is 0 Å². The number of benzene rings is 1. The Morgan fingerprint density at radius 2 is 2.06 bits per heavy atom. The molecule has 0 N–H and O–H groups in total. The van der Waals surface area contributed by atoms with Crippen LogP contribution < -0.4 is 4.74 Å². The molecule has 0 atom stereocenters. The lowest BCUT2D eigenvalue weighted by molar-refractivity contribution is -0.145. The van der Waals surface area contributed by atoms with Crippen molar-refractivity contribution in [2.24, 2.45) is 0 Å². The average molecular weight is 332 g/mol. The Balaban J connectivity index is 2.46. The van der Waals surface area contributed by atoms with Crippen molar-refractivity contribution in [2.45, 2.75) is 6.92 Å². The van der Waals surface area contributed by atoms with Crippen molar-refractivity contribution >= 4 is 34.6 Å². The Morgan fingerprint density at radius 1 is 1.38 bits per heavy atom. The van der Waals surface area contributed by atoms with Gasteiger partial charge in [0.15, 0.2) is 6.61 Å². The van der Waals surface area contributed by atoms with Crippen molar-refractivity contribution in [1.29, 1.82) is 0 Å². The largest absolute Gasteiger partial charge is 0.482 e. The summed E-state index contributed by atoms with van der Waals surface area (Å²) in [6.45, 7) is 2.10. The lowest BCUT2D eigenvalue weighted by Gasteiger charge is -2.05. The fourth-order valence-corrected chi connectivity index (χ4v) is 1.51. The maximum Gasteiger partial charge on any atom is 0.344 e. The van der Waals surface area contributed by atoms with Crippen molar-refractivity contribution in [3.63, 3.8) is 0 Å². The Morgan fingerprint density at radius 3 is 2.62 bits per heavy atom. The molecule has 3 nitrogen and oxygen atoms in total. The fraction of sp³-hybridized carbons (Fsp3) is 0.250. The minimum atomic E-state index is -0.348. The van der Waals surface area contributed by atoms with E-state index >= 15 is 0 Å². The summed E-state index contributed by atoms with van der Waals surface area (Å²) in [5, 5.41) is 0. The monoisotopic (exact) mass is 332 g/mol. The number of halogens is 1. The number of rotatable bonds is 5. The van der Waals surface area contributed by atoms with Gasteiger partial charge in [-0.1, -0.05) is 34.7 Å². The smallest absolute Gasteiger partial charge is 0.344 e. The predicted molar refractivity (Wildman–Crippen MR) is 71.6 cm³/mol. The van der Waals surface area contributed by atoms with Crippen LogP contribution in [-0.4, -0.2) is 19.2 Å². The third-order valence-corrected chi connectivity index (χ3v) is 2.16. The molecule has 0 heterocycles. The molecular weight excluding hydrogens is 319 g/mol. The van der Waals surface area contributed by atoms with Gasteiger partial charge in [-0.25, -0.2) is 4.79 Å². The van der Waals surface area contributed by atoms with Gasteiger partial charge in [0.25, 0.3) is 0 Å². The first-order chi connectivity index (χ1) is 7.76. The number of hydrogen-bond acceptors (Lipinski definition) is 3. The van der Waals surface area contributed by atoms with Crippen LogP contribution in [0.15, 0.2) is 28.3 Å². The van der Waals surface area contributed by atoms with Gasteiger partial charge in [0.05, 0.1) is 6.61 Å². The highest BCUT2D eigenvalue weighted by molar-refractivity contribution is 14.1. The van der Waals surface area contributed by atoms with E-state index in [1.807, 2.05) is 34.4 Å². The summed E-state index contributed by atoms with van der Waals surface area (Å²) in [6.07, 6.45) is 1.98. The molecule has 0 saturated carbocycles. The zero-order valence-electron chi connectivity index (χ0n) is 8.98. The van der Waals surface area contributed by atoms with E-state index in [1.54, 1.807) is 6.92 Å². The normalized spacial score (nSPS) is 10.4. The summed E-state index contributed by atoms with van der Waals surface area (Å²) >= 11 is 2.16. The third-order valence-electron chi connectivity index (χ3n) is 1.80. The van der Waals surface area contributed by atoms with Crippen LogP contribution in [0.3, 0.4) is 0 Å². The molecule has 0 saturated heterocycles. The van der Waals surface area contributed by atoms with Gasteiger partial charge in [-0.3, -0.25) is 0 Å². The van der Waals surface area contributed by atoms with Crippen LogP contribution >= 0.6 is 22.6 Å². The van der Waals surface area contributed by atoms with Gasteiger partial charge >= 0.3 is 5.97 Å². The maximum atomic E-state index is 11.0. The number of carbonyl (C=O) groups excluding carboxylic acids is 1. The van der Waals surface area contributed by atoms with Crippen molar-refractivity contribution in [3.05, 3.63) is 33.9 Å². The van der Waals surface area contributed by atoms with E-state index in [2.05, 4.69) is 22.6 Å². The van der Waals surface area contributed by atoms with Gasteiger partial charge in [0.1, 0.15) is 5.75 Å². The first kappa shape index (κ1) is 13.0. The van der Waals surface area contributed by atoms with E-state index in [4.69, 9.17) is 9.47 Å². The van der Waals surface area contributed by atoms with E-state index in [9.17, 15) is 4.79 Å². The van der Waals surface area contributed by atoms with Gasteiger partial charge in [0, 0.05) is 0 Å². The van der Waals surface area contributed by atoms with Crippen molar-refractivity contribution < 1.29 is 14.3 Å². The first-order valence-corrected chi connectivity index (χ1v) is 6.16. The molecule has 16 heavy (non-hydrogen) atoms. The summed E-state index contributed by atoms with van der Waals surface area (Å²) in [4.78, 5) is 11.0. The van der Waals surface area contributed by atoms with Crippen LogP contribution in [0, 0.1) is 0 Å². The van der Waals surface area contributed by atoms with Crippen LogP contribution in [-0.2, 0) is 9.53 Å². The summed E-state index contributed by atoms with van der Waals surface area (Å²) < 4.78 is 11.9. The van der Waals surface area contributed by atoms with Crippen molar-refractivity contribution in [2.75, 3.05) is 13.2 Å². The van der Waals surface area contributed by atoms with Gasteiger partial charge < -0.3 is 9.47 Å². The molecule has 0 spiro atoms. The Hall–Kier alpha value is -1.04. The Kier molecular flexibility index (Phi) is 5.92. The SMILES string of the molecule is CCOC(=O)COc1ccc(C=CI)cc1. The molecule has 86 valence electrons. The maximum absolute atomic E-state index is 11.0. The molecule has 0 aliphatic rings. The quantitative estimate of drug-likeness (QED) is 0.614. The van der Waals surface area contributed by atoms with Crippen LogP contribution in [0.4, 0.5) is 0 Å². The van der Waals surface area contributed by atoms with E-state index in [0.717, 1.165) is 5.56 Å². The number of ether oxygens (including phenoxy) is 2. The van der Waals surface area contributed by atoms with Crippen molar-refractivity contribution in [1.82, 2.24) is 0 Å². The Labute approximate surface area is 109 Å². The topological polar surface area (TPSA) is 35.5 Å². The van der Waals surface area contributed by atoms with Gasteiger partial charge in [-0.05, 0) is 34.8 Å². The molecular formula is C12H13IO3. The summed E-state index contributed by atoms with van der Waals surface area (Å²) in [5.74, 6) is 0.317. The minimum absolute atomic E-state index is 0.0463.